The van der Waals surface area contributed by atoms with E-state index in [0.29, 0.717) is 12.6 Å². The number of carbonyl (C=O) groups is 1. The van der Waals surface area contributed by atoms with E-state index in [9.17, 15) is 9.90 Å². The first-order valence-electron chi connectivity index (χ1n) is 9.31. The zero-order valence-electron chi connectivity index (χ0n) is 14.9. The summed E-state index contributed by atoms with van der Waals surface area (Å²) in [6.45, 7) is 2.40. The lowest BCUT2D eigenvalue weighted by Crippen LogP contribution is -2.47. The number of hydrogen-bond donors (Lipinski definition) is 1. The van der Waals surface area contributed by atoms with E-state index in [0.717, 1.165) is 36.5 Å². The molecule has 1 aromatic heterocycles. The molecule has 2 atom stereocenters. The molecule has 1 amide bonds. The molecular formula is C21H21N3O2S. The summed E-state index contributed by atoms with van der Waals surface area (Å²) >= 11 is 1.76. The Morgan fingerprint density at radius 2 is 1.85 bits per heavy atom. The van der Waals surface area contributed by atoms with Gasteiger partial charge in [-0.05, 0) is 29.7 Å². The Labute approximate surface area is 161 Å². The van der Waals surface area contributed by atoms with Crippen LogP contribution < -0.4 is 0 Å². The maximum Gasteiger partial charge on any atom is 0.407 e. The van der Waals surface area contributed by atoms with Crippen LogP contribution in [0.5, 0.6) is 0 Å². The fourth-order valence-electron chi connectivity index (χ4n) is 4.34. The predicted octanol–water partition coefficient (Wildman–Crippen LogP) is 3.82. The number of piperazine rings is 1. The minimum Gasteiger partial charge on any atom is -0.465 e. The van der Waals surface area contributed by atoms with Gasteiger partial charge in [-0.25, -0.2) is 9.78 Å². The number of hydrogen-bond acceptors (Lipinski definition) is 4. The van der Waals surface area contributed by atoms with Crippen molar-refractivity contribution in [1.82, 2.24) is 14.8 Å². The molecule has 0 saturated carbocycles. The van der Waals surface area contributed by atoms with Gasteiger partial charge in [0.25, 0.3) is 0 Å². The summed E-state index contributed by atoms with van der Waals surface area (Å²) in [5.41, 5.74) is 3.64. The summed E-state index contributed by atoms with van der Waals surface area (Å²) in [6, 6.07) is 17.6. The molecule has 2 aromatic carbocycles. The van der Waals surface area contributed by atoms with Crippen molar-refractivity contribution >= 4 is 27.6 Å². The Kier molecular flexibility index (Phi) is 4.10. The van der Waals surface area contributed by atoms with Crippen molar-refractivity contribution < 1.29 is 9.90 Å². The summed E-state index contributed by atoms with van der Waals surface area (Å²) in [5, 5.41) is 10.4. The zero-order valence-corrected chi connectivity index (χ0v) is 15.7. The van der Waals surface area contributed by atoms with Gasteiger partial charge in [0, 0.05) is 38.1 Å². The highest BCUT2D eigenvalue weighted by Crippen LogP contribution is 2.32. The molecule has 2 saturated heterocycles. The third-order valence-electron chi connectivity index (χ3n) is 5.70. The highest BCUT2D eigenvalue weighted by atomic mass is 32.1. The highest BCUT2D eigenvalue weighted by Gasteiger charge is 2.45. The second kappa shape index (κ2) is 6.62. The Hall–Kier alpha value is -2.44. The SMILES string of the molecule is O=C(O)N1CC2CC1CN2Cc1ccc(Cc2nc3ccccc3s2)cc1. The summed E-state index contributed by atoms with van der Waals surface area (Å²) in [6.07, 6.45) is 1.06. The van der Waals surface area contributed by atoms with Crippen LogP contribution in [0, 0.1) is 0 Å². The number of aromatic nitrogens is 1. The summed E-state index contributed by atoms with van der Waals surface area (Å²) in [4.78, 5) is 19.9. The van der Waals surface area contributed by atoms with Gasteiger partial charge in [-0.2, -0.15) is 0 Å². The number of rotatable bonds is 4. The van der Waals surface area contributed by atoms with Crippen LogP contribution in [0.2, 0.25) is 0 Å². The van der Waals surface area contributed by atoms with Crippen molar-refractivity contribution in [2.24, 2.45) is 0 Å². The van der Waals surface area contributed by atoms with E-state index in [1.54, 1.807) is 16.2 Å². The average molecular weight is 379 g/mol. The number of carboxylic acid groups (broad SMARTS) is 1. The van der Waals surface area contributed by atoms with Gasteiger partial charge in [-0.15, -0.1) is 11.3 Å². The summed E-state index contributed by atoms with van der Waals surface area (Å²) in [5.74, 6) is 0. The minimum atomic E-state index is -0.777. The maximum atomic E-state index is 11.2. The quantitative estimate of drug-likeness (QED) is 0.749. The van der Waals surface area contributed by atoms with Gasteiger partial charge in [0.2, 0.25) is 0 Å². The highest BCUT2D eigenvalue weighted by molar-refractivity contribution is 7.18. The normalized spacial score (nSPS) is 22.0. The Bertz CT molecular complexity index is 952. The van der Waals surface area contributed by atoms with Crippen LogP contribution in [0.4, 0.5) is 4.79 Å². The molecule has 138 valence electrons. The number of para-hydroxylation sites is 1. The minimum absolute atomic E-state index is 0.172. The number of thiazole rings is 1. The Morgan fingerprint density at radius 3 is 2.56 bits per heavy atom. The predicted molar refractivity (Wildman–Crippen MR) is 106 cm³/mol. The average Bonchev–Trinajstić information content (AvgIpc) is 3.36. The van der Waals surface area contributed by atoms with E-state index in [4.69, 9.17) is 4.98 Å². The van der Waals surface area contributed by atoms with Crippen molar-refractivity contribution in [2.75, 3.05) is 13.1 Å². The van der Waals surface area contributed by atoms with Crippen LogP contribution in [0.15, 0.2) is 48.5 Å². The third kappa shape index (κ3) is 3.19. The van der Waals surface area contributed by atoms with Crippen LogP contribution in [-0.4, -0.2) is 51.2 Å². The molecule has 1 N–H and O–H groups in total. The molecular weight excluding hydrogens is 358 g/mol. The van der Waals surface area contributed by atoms with Gasteiger partial charge in [0.1, 0.15) is 0 Å². The lowest BCUT2D eigenvalue weighted by molar-refractivity contribution is 0.100. The monoisotopic (exact) mass is 379 g/mol. The molecule has 0 aliphatic carbocycles. The smallest absolute Gasteiger partial charge is 0.407 e. The third-order valence-corrected chi connectivity index (χ3v) is 6.74. The molecule has 3 heterocycles. The van der Waals surface area contributed by atoms with Crippen molar-refractivity contribution in [3.05, 3.63) is 64.7 Å². The van der Waals surface area contributed by atoms with Gasteiger partial charge in [0.15, 0.2) is 0 Å². The first kappa shape index (κ1) is 16.7. The Balaban J connectivity index is 1.23. The first-order valence-corrected chi connectivity index (χ1v) is 10.1. The number of amides is 1. The molecule has 0 radical (unpaired) electrons. The molecule has 3 aromatic rings. The fraction of sp³-hybridized carbons (Fsp3) is 0.333. The number of nitrogens with zero attached hydrogens (tertiary/aromatic N) is 3. The lowest BCUT2D eigenvalue weighted by Gasteiger charge is -2.32. The molecule has 5 nitrogen and oxygen atoms in total. The summed E-state index contributed by atoms with van der Waals surface area (Å²) in [7, 11) is 0. The standard InChI is InChI=1S/C21H21N3O2S/c25-21(26)24-13-16-10-17(24)12-23(16)11-15-7-5-14(6-8-15)9-20-22-18-3-1-2-4-19(18)27-20/h1-8,16-17H,9-13H2,(H,25,26). The Morgan fingerprint density at radius 1 is 1.07 bits per heavy atom. The molecule has 27 heavy (non-hydrogen) atoms. The van der Waals surface area contributed by atoms with E-state index in [1.165, 1.54) is 15.8 Å². The van der Waals surface area contributed by atoms with Gasteiger partial charge >= 0.3 is 6.09 Å². The molecule has 2 bridgehead atoms. The number of likely N-dealkylation sites (tertiary alicyclic amines) is 2. The van der Waals surface area contributed by atoms with E-state index < -0.39 is 6.09 Å². The molecule has 5 rings (SSSR count). The summed E-state index contributed by atoms with van der Waals surface area (Å²) < 4.78 is 1.24. The van der Waals surface area contributed by atoms with Gasteiger partial charge < -0.3 is 10.0 Å². The van der Waals surface area contributed by atoms with Crippen LogP contribution in [0.25, 0.3) is 10.2 Å². The molecule has 6 heteroatoms. The van der Waals surface area contributed by atoms with Crippen molar-refractivity contribution in [1.29, 1.82) is 0 Å². The molecule has 2 fully saturated rings. The van der Waals surface area contributed by atoms with Gasteiger partial charge in [-0.1, -0.05) is 36.4 Å². The van der Waals surface area contributed by atoms with Crippen molar-refractivity contribution in [3.8, 4) is 0 Å². The molecule has 2 unspecified atom stereocenters. The van der Waals surface area contributed by atoms with Crippen LogP contribution >= 0.6 is 11.3 Å². The van der Waals surface area contributed by atoms with Crippen LogP contribution in [0.1, 0.15) is 22.6 Å². The van der Waals surface area contributed by atoms with Crippen molar-refractivity contribution in [2.45, 2.75) is 31.5 Å². The lowest BCUT2D eigenvalue weighted by atomic mass is 10.1. The van der Waals surface area contributed by atoms with E-state index in [-0.39, 0.29) is 6.04 Å². The molecule has 2 aliphatic heterocycles. The van der Waals surface area contributed by atoms with E-state index in [1.807, 2.05) is 6.07 Å². The maximum absolute atomic E-state index is 11.2. The van der Waals surface area contributed by atoms with Crippen molar-refractivity contribution in [3.63, 3.8) is 0 Å². The topological polar surface area (TPSA) is 56.7 Å². The molecule has 2 aliphatic rings. The number of fused-ring (bicyclic) bond motifs is 3. The van der Waals surface area contributed by atoms with Gasteiger partial charge in [-0.3, -0.25) is 4.90 Å². The molecule has 0 spiro atoms. The van der Waals surface area contributed by atoms with Crippen LogP contribution in [-0.2, 0) is 13.0 Å². The zero-order chi connectivity index (χ0) is 18.4. The fourth-order valence-corrected chi connectivity index (χ4v) is 5.35. The van der Waals surface area contributed by atoms with E-state index in [2.05, 4.69) is 47.4 Å². The van der Waals surface area contributed by atoms with E-state index >= 15 is 0 Å². The second-order valence-electron chi connectivity index (χ2n) is 7.48. The largest absolute Gasteiger partial charge is 0.465 e. The number of benzene rings is 2. The van der Waals surface area contributed by atoms with Crippen LogP contribution in [0.3, 0.4) is 0 Å². The second-order valence-corrected chi connectivity index (χ2v) is 8.59. The van der Waals surface area contributed by atoms with Gasteiger partial charge in [0.05, 0.1) is 15.2 Å². The first-order chi connectivity index (χ1) is 13.2.